The Bertz CT molecular complexity index is 940. The number of unbranched alkanes of at least 4 members (excludes halogenated alkanes) is 4. The van der Waals surface area contributed by atoms with E-state index in [9.17, 15) is 0 Å². The molecule has 1 aliphatic heterocycles. The van der Waals surface area contributed by atoms with E-state index in [0.29, 0.717) is 6.04 Å². The van der Waals surface area contributed by atoms with Gasteiger partial charge < -0.3 is 9.80 Å². The highest BCUT2D eigenvalue weighted by atomic mass is 127. The average molecular weight is 538 g/mol. The lowest BCUT2D eigenvalue weighted by molar-refractivity contribution is 0.333. The number of nitrogens with zero attached hydrogens (tertiary/aromatic N) is 3. The van der Waals surface area contributed by atoms with E-state index < -0.39 is 0 Å². The smallest absolute Gasteiger partial charge is 0.0778 e. The van der Waals surface area contributed by atoms with Crippen LogP contribution in [0.1, 0.15) is 45.4 Å². The Morgan fingerprint density at radius 1 is 0.933 bits per heavy atom. The lowest BCUT2D eigenvalue weighted by atomic mass is 10.0. The first kappa shape index (κ1) is 25.2. The van der Waals surface area contributed by atoms with Gasteiger partial charge in [-0.15, -0.1) is 24.0 Å². The number of anilines is 1. The van der Waals surface area contributed by atoms with Gasteiger partial charge >= 0.3 is 0 Å². The topological polar surface area (TPSA) is 18.8 Å². The van der Waals surface area contributed by atoms with Gasteiger partial charge in [0.25, 0.3) is 0 Å². The molecule has 1 unspecified atom stereocenters. The summed E-state index contributed by atoms with van der Waals surface area (Å²) in [6.45, 7) is 2.27. The maximum Gasteiger partial charge on any atom is 0.0778 e. The van der Waals surface area contributed by atoms with Gasteiger partial charge in [0.2, 0.25) is 0 Å². The lowest BCUT2D eigenvalue weighted by Gasteiger charge is -2.21. The van der Waals surface area contributed by atoms with Crippen LogP contribution in [0.5, 0.6) is 0 Å². The Balaban J connectivity index is 0.00000320. The van der Waals surface area contributed by atoms with Crippen LogP contribution in [-0.2, 0) is 0 Å². The molecule has 2 aromatic rings. The summed E-state index contributed by atoms with van der Waals surface area (Å²) in [4.78, 5) is 11.9. The van der Waals surface area contributed by atoms with E-state index in [0.717, 1.165) is 11.0 Å². The number of fused-ring (bicyclic) bond motifs is 2. The monoisotopic (exact) mass is 537 g/mol. The second-order valence-corrected chi connectivity index (χ2v) is 9.47. The first-order valence-electron chi connectivity index (χ1n) is 10.8. The Morgan fingerprint density at radius 3 is 2.40 bits per heavy atom. The largest absolute Gasteiger partial charge is 0.378 e. The molecule has 1 atom stereocenters. The predicted octanol–water partition coefficient (Wildman–Crippen LogP) is 5.86. The number of rotatable bonds is 9. The van der Waals surface area contributed by atoms with Gasteiger partial charge in [0.15, 0.2) is 0 Å². The molecule has 1 aliphatic rings. The first-order chi connectivity index (χ1) is 14.0. The van der Waals surface area contributed by atoms with Gasteiger partial charge in [-0.3, -0.25) is 0 Å². The molecule has 0 saturated heterocycles. The third-order valence-electron chi connectivity index (χ3n) is 5.56. The Hall–Kier alpha value is -1.05. The molecule has 30 heavy (non-hydrogen) atoms. The molecule has 3 nitrogen and oxygen atoms in total. The number of halogens is 1. The van der Waals surface area contributed by atoms with E-state index in [1.807, 2.05) is 11.8 Å². The highest BCUT2D eigenvalue weighted by Gasteiger charge is 2.13. The molecule has 164 valence electrons. The summed E-state index contributed by atoms with van der Waals surface area (Å²) >= 11 is 1.84. The van der Waals surface area contributed by atoms with E-state index in [4.69, 9.17) is 4.99 Å². The molecule has 0 bridgehead atoms. The zero-order chi connectivity index (χ0) is 20.8. The van der Waals surface area contributed by atoms with Crippen molar-refractivity contribution >= 4 is 53.2 Å². The van der Waals surface area contributed by atoms with Crippen molar-refractivity contribution in [2.75, 3.05) is 33.1 Å². The Morgan fingerprint density at radius 2 is 1.70 bits per heavy atom. The molecule has 0 aromatic heterocycles. The molecule has 3 rings (SSSR count). The number of benzene rings is 2. The molecule has 0 radical (unpaired) electrons. The second kappa shape index (κ2) is 12.1. The maximum absolute atomic E-state index is 4.88. The highest BCUT2D eigenvalue weighted by molar-refractivity contribution is 14.0. The predicted molar refractivity (Wildman–Crippen MR) is 143 cm³/mol. The summed E-state index contributed by atoms with van der Waals surface area (Å²) in [5.41, 5.74) is 2.29. The molecular weight excluding hydrogens is 501 g/mol. The van der Waals surface area contributed by atoms with E-state index in [2.05, 4.69) is 87.4 Å². The molecule has 0 N–H and O–H groups in total. The molecular formula is C25H36IN3S. The molecule has 1 heterocycles. The van der Waals surface area contributed by atoms with Crippen molar-refractivity contribution in [3.8, 4) is 0 Å². The summed E-state index contributed by atoms with van der Waals surface area (Å²) in [6.07, 6.45) is 10.3. The fourth-order valence-corrected chi connectivity index (χ4v) is 4.73. The van der Waals surface area contributed by atoms with E-state index >= 15 is 0 Å². The zero-order valence-corrected chi connectivity index (χ0v) is 22.2. The van der Waals surface area contributed by atoms with E-state index in [1.54, 1.807) is 0 Å². The molecule has 0 spiro atoms. The van der Waals surface area contributed by atoms with Crippen LogP contribution in [0.3, 0.4) is 0 Å². The molecule has 0 amide bonds. The summed E-state index contributed by atoms with van der Waals surface area (Å²) in [5, 5.41) is 2.38. The molecule has 0 aliphatic carbocycles. The van der Waals surface area contributed by atoms with Crippen molar-refractivity contribution in [3.63, 3.8) is 0 Å². The molecule has 2 aromatic carbocycles. The second-order valence-electron chi connectivity index (χ2n) is 8.39. The van der Waals surface area contributed by atoms with Crippen LogP contribution in [0, 0.1) is 0 Å². The van der Waals surface area contributed by atoms with E-state index in [-0.39, 0.29) is 24.0 Å². The van der Waals surface area contributed by atoms with Gasteiger partial charge in [0, 0.05) is 35.6 Å². The summed E-state index contributed by atoms with van der Waals surface area (Å²) in [6, 6.07) is 13.7. The lowest BCUT2D eigenvalue weighted by Crippen LogP contribution is -2.28. The van der Waals surface area contributed by atoms with Gasteiger partial charge in [-0.05, 0) is 56.1 Å². The van der Waals surface area contributed by atoms with Crippen LogP contribution in [-0.4, -0.2) is 39.1 Å². The molecule has 0 saturated carbocycles. The number of hydrogen-bond acceptors (Lipinski definition) is 4. The van der Waals surface area contributed by atoms with Crippen LogP contribution in [0.4, 0.5) is 11.4 Å². The van der Waals surface area contributed by atoms with Crippen molar-refractivity contribution in [3.05, 3.63) is 47.0 Å². The average Bonchev–Trinajstić information content (AvgIpc) is 2.70. The van der Waals surface area contributed by atoms with Gasteiger partial charge in [0.05, 0.1) is 11.0 Å². The highest BCUT2D eigenvalue weighted by Crippen LogP contribution is 2.38. The quantitative estimate of drug-likeness (QED) is 0.252. The van der Waals surface area contributed by atoms with Crippen molar-refractivity contribution in [2.24, 2.45) is 4.99 Å². The van der Waals surface area contributed by atoms with Crippen LogP contribution < -0.4 is 15.5 Å². The zero-order valence-electron chi connectivity index (χ0n) is 19.0. The molecule has 0 fully saturated rings. The molecule has 5 heteroatoms. The summed E-state index contributed by atoms with van der Waals surface area (Å²) in [7, 11) is 8.54. The van der Waals surface area contributed by atoms with Gasteiger partial charge in [-0.2, -0.15) is 0 Å². The minimum absolute atomic E-state index is 0. The van der Waals surface area contributed by atoms with Crippen LogP contribution >= 0.6 is 35.7 Å². The Kier molecular flexibility index (Phi) is 10.2. The SMILES string of the molecule is CCCCCCCC(C=c1ccc2c(c1)Sc1cc(N(C)C)ccc1N=2)N(C)C.I. The third kappa shape index (κ3) is 6.72. The van der Waals surface area contributed by atoms with Crippen molar-refractivity contribution in [1.29, 1.82) is 0 Å². The van der Waals surface area contributed by atoms with Crippen molar-refractivity contribution in [2.45, 2.75) is 61.3 Å². The van der Waals surface area contributed by atoms with Gasteiger partial charge in [0.1, 0.15) is 0 Å². The fourth-order valence-electron chi connectivity index (χ4n) is 3.68. The van der Waals surface area contributed by atoms with Gasteiger partial charge in [-0.1, -0.05) is 62.9 Å². The summed E-state index contributed by atoms with van der Waals surface area (Å²) < 4.78 is 0. The standard InChI is InChI=1S/C25H35N3S.HI/c1-6-7-8-9-10-11-20(27(2)3)16-19-12-14-22-24(17-19)29-25-18-21(28(4)5)13-15-23(25)26-22;/h12-18,20H,6-11H2,1-5H3;1H. The minimum Gasteiger partial charge on any atom is -0.378 e. The van der Waals surface area contributed by atoms with Gasteiger partial charge in [-0.25, -0.2) is 4.99 Å². The van der Waals surface area contributed by atoms with Crippen LogP contribution in [0.15, 0.2) is 51.2 Å². The third-order valence-corrected chi connectivity index (χ3v) is 6.65. The van der Waals surface area contributed by atoms with Crippen molar-refractivity contribution in [1.82, 2.24) is 4.90 Å². The fraction of sp³-hybridized carbons (Fsp3) is 0.480. The van der Waals surface area contributed by atoms with E-state index in [1.165, 1.54) is 59.2 Å². The first-order valence-corrected chi connectivity index (χ1v) is 11.7. The minimum atomic E-state index is 0. The maximum atomic E-state index is 4.88. The van der Waals surface area contributed by atoms with Crippen LogP contribution in [0.25, 0.3) is 6.08 Å². The Labute approximate surface area is 203 Å². The van der Waals surface area contributed by atoms with Crippen LogP contribution in [0.2, 0.25) is 0 Å². The van der Waals surface area contributed by atoms with Crippen molar-refractivity contribution < 1.29 is 0 Å². The normalized spacial score (nSPS) is 13.9. The summed E-state index contributed by atoms with van der Waals surface area (Å²) in [5.74, 6) is 0. The number of hydrogen-bond donors (Lipinski definition) is 0.